The highest BCUT2D eigenvalue weighted by atomic mass is 35.5. The third kappa shape index (κ3) is 5.26. The zero-order chi connectivity index (χ0) is 12.8. The zero-order valence-corrected chi connectivity index (χ0v) is 12.1. The SMILES string of the molecule is CCNC(Cc1cc(Cl)ccc1Cl)CN(C)C. The van der Waals surface area contributed by atoms with Gasteiger partial charge in [0.05, 0.1) is 0 Å². The van der Waals surface area contributed by atoms with Gasteiger partial charge in [0, 0.05) is 22.6 Å². The molecule has 0 amide bonds. The fraction of sp³-hybridized carbons (Fsp3) is 0.538. The standard InChI is InChI=1S/C13H20Cl2N2/c1-4-16-12(9-17(2)3)8-10-7-11(14)5-6-13(10)15/h5-7,12,16H,4,8-9H2,1-3H3. The van der Waals surface area contributed by atoms with Crippen molar-refractivity contribution in [2.24, 2.45) is 0 Å². The molecule has 1 N–H and O–H groups in total. The predicted molar refractivity (Wildman–Crippen MR) is 76.2 cm³/mol. The molecule has 0 aliphatic carbocycles. The van der Waals surface area contributed by atoms with Gasteiger partial charge in [0.1, 0.15) is 0 Å². The number of nitrogens with zero attached hydrogens (tertiary/aromatic N) is 1. The van der Waals surface area contributed by atoms with E-state index in [4.69, 9.17) is 23.2 Å². The molecule has 0 aromatic heterocycles. The first-order chi connectivity index (χ1) is 8.02. The molecule has 0 aliphatic heterocycles. The first kappa shape index (κ1) is 14.8. The van der Waals surface area contributed by atoms with E-state index in [9.17, 15) is 0 Å². The fourth-order valence-corrected chi connectivity index (χ4v) is 2.29. The van der Waals surface area contributed by atoms with Crippen LogP contribution >= 0.6 is 23.2 Å². The largest absolute Gasteiger partial charge is 0.313 e. The molecule has 96 valence electrons. The van der Waals surface area contributed by atoms with Crippen LogP contribution in [-0.2, 0) is 6.42 Å². The van der Waals surface area contributed by atoms with Crippen molar-refractivity contribution in [3.63, 3.8) is 0 Å². The van der Waals surface area contributed by atoms with Crippen LogP contribution in [0.2, 0.25) is 10.0 Å². The predicted octanol–water partition coefficient (Wildman–Crippen LogP) is 3.08. The molecule has 0 radical (unpaired) electrons. The summed E-state index contributed by atoms with van der Waals surface area (Å²) < 4.78 is 0. The van der Waals surface area contributed by atoms with Gasteiger partial charge in [-0.2, -0.15) is 0 Å². The van der Waals surface area contributed by atoms with E-state index in [-0.39, 0.29) is 0 Å². The number of nitrogens with one attached hydrogen (secondary N) is 1. The Kier molecular flexibility index (Phi) is 6.28. The molecule has 0 saturated carbocycles. The van der Waals surface area contributed by atoms with E-state index >= 15 is 0 Å². The van der Waals surface area contributed by atoms with Crippen molar-refractivity contribution in [3.8, 4) is 0 Å². The van der Waals surface area contributed by atoms with Gasteiger partial charge in [-0.1, -0.05) is 30.1 Å². The maximum atomic E-state index is 6.18. The lowest BCUT2D eigenvalue weighted by Gasteiger charge is -2.22. The van der Waals surface area contributed by atoms with Crippen molar-refractivity contribution in [2.45, 2.75) is 19.4 Å². The van der Waals surface area contributed by atoms with Crippen LogP contribution < -0.4 is 5.32 Å². The van der Waals surface area contributed by atoms with E-state index in [0.29, 0.717) is 6.04 Å². The second-order valence-corrected chi connectivity index (χ2v) is 5.30. The Labute approximate surface area is 114 Å². The summed E-state index contributed by atoms with van der Waals surface area (Å²) in [6.45, 7) is 4.05. The maximum absolute atomic E-state index is 6.18. The quantitative estimate of drug-likeness (QED) is 0.858. The Morgan fingerprint density at radius 1 is 1.29 bits per heavy atom. The fourth-order valence-electron chi connectivity index (χ4n) is 1.90. The van der Waals surface area contributed by atoms with Crippen molar-refractivity contribution in [3.05, 3.63) is 33.8 Å². The summed E-state index contributed by atoms with van der Waals surface area (Å²) in [7, 11) is 4.15. The molecule has 1 unspecified atom stereocenters. The Bertz CT molecular complexity index is 353. The number of hydrogen-bond acceptors (Lipinski definition) is 2. The monoisotopic (exact) mass is 274 g/mol. The van der Waals surface area contributed by atoms with Crippen LogP contribution in [0.3, 0.4) is 0 Å². The molecule has 1 aromatic carbocycles. The van der Waals surface area contributed by atoms with Crippen LogP contribution in [0.5, 0.6) is 0 Å². The van der Waals surface area contributed by atoms with Gasteiger partial charge in [0.25, 0.3) is 0 Å². The highest BCUT2D eigenvalue weighted by Crippen LogP contribution is 2.22. The molecule has 1 rings (SSSR count). The minimum Gasteiger partial charge on any atom is -0.313 e. The van der Waals surface area contributed by atoms with Crippen LogP contribution in [0.15, 0.2) is 18.2 Å². The van der Waals surface area contributed by atoms with E-state index in [1.807, 2.05) is 18.2 Å². The maximum Gasteiger partial charge on any atom is 0.0439 e. The van der Waals surface area contributed by atoms with Crippen molar-refractivity contribution in [2.75, 3.05) is 27.2 Å². The second-order valence-electron chi connectivity index (χ2n) is 4.46. The minimum absolute atomic E-state index is 0.394. The third-order valence-electron chi connectivity index (χ3n) is 2.55. The van der Waals surface area contributed by atoms with E-state index in [0.717, 1.165) is 35.1 Å². The summed E-state index contributed by atoms with van der Waals surface area (Å²) in [5.74, 6) is 0. The van der Waals surface area contributed by atoms with Crippen LogP contribution in [-0.4, -0.2) is 38.1 Å². The molecule has 0 heterocycles. The average Bonchev–Trinajstić information content (AvgIpc) is 2.23. The lowest BCUT2D eigenvalue weighted by Crippen LogP contribution is -2.39. The Hall–Kier alpha value is -0.280. The molecule has 17 heavy (non-hydrogen) atoms. The summed E-state index contributed by atoms with van der Waals surface area (Å²) >= 11 is 12.2. The number of halogens is 2. The van der Waals surface area contributed by atoms with Crippen LogP contribution in [0.4, 0.5) is 0 Å². The smallest absolute Gasteiger partial charge is 0.0439 e. The normalized spacial score (nSPS) is 13.1. The highest BCUT2D eigenvalue weighted by molar-refractivity contribution is 6.33. The molecular weight excluding hydrogens is 255 g/mol. The minimum atomic E-state index is 0.394. The van der Waals surface area contributed by atoms with Gasteiger partial charge in [-0.15, -0.1) is 0 Å². The van der Waals surface area contributed by atoms with Gasteiger partial charge < -0.3 is 10.2 Å². The van der Waals surface area contributed by atoms with Gasteiger partial charge in [-0.3, -0.25) is 0 Å². The lowest BCUT2D eigenvalue weighted by molar-refractivity contribution is 0.339. The van der Waals surface area contributed by atoms with Gasteiger partial charge in [-0.25, -0.2) is 0 Å². The van der Waals surface area contributed by atoms with Crippen LogP contribution in [0, 0.1) is 0 Å². The topological polar surface area (TPSA) is 15.3 Å². The van der Waals surface area contributed by atoms with Crippen molar-refractivity contribution in [1.29, 1.82) is 0 Å². The van der Waals surface area contributed by atoms with Crippen LogP contribution in [0.25, 0.3) is 0 Å². The molecule has 0 fully saturated rings. The molecule has 2 nitrogen and oxygen atoms in total. The number of benzene rings is 1. The molecule has 0 spiro atoms. The Morgan fingerprint density at radius 3 is 2.59 bits per heavy atom. The number of rotatable bonds is 6. The first-order valence-electron chi connectivity index (χ1n) is 5.85. The Balaban J connectivity index is 2.74. The van der Waals surface area contributed by atoms with Gasteiger partial charge in [-0.05, 0) is 50.8 Å². The van der Waals surface area contributed by atoms with Gasteiger partial charge in [0.15, 0.2) is 0 Å². The van der Waals surface area contributed by atoms with E-state index < -0.39 is 0 Å². The van der Waals surface area contributed by atoms with Gasteiger partial charge in [0.2, 0.25) is 0 Å². The zero-order valence-electron chi connectivity index (χ0n) is 10.6. The molecular formula is C13H20Cl2N2. The van der Waals surface area contributed by atoms with Crippen molar-refractivity contribution >= 4 is 23.2 Å². The van der Waals surface area contributed by atoms with E-state index in [1.165, 1.54) is 0 Å². The number of hydrogen-bond donors (Lipinski definition) is 1. The van der Waals surface area contributed by atoms with Gasteiger partial charge >= 0.3 is 0 Å². The highest BCUT2D eigenvalue weighted by Gasteiger charge is 2.12. The molecule has 0 bridgehead atoms. The summed E-state index contributed by atoms with van der Waals surface area (Å²) in [5, 5.41) is 4.99. The molecule has 4 heteroatoms. The summed E-state index contributed by atoms with van der Waals surface area (Å²) in [6.07, 6.45) is 0.894. The van der Waals surface area contributed by atoms with Crippen molar-refractivity contribution < 1.29 is 0 Å². The molecule has 0 saturated heterocycles. The first-order valence-corrected chi connectivity index (χ1v) is 6.60. The summed E-state index contributed by atoms with van der Waals surface area (Å²) in [5.41, 5.74) is 1.10. The molecule has 1 atom stereocenters. The van der Waals surface area contributed by atoms with E-state index in [1.54, 1.807) is 0 Å². The molecule has 0 aliphatic rings. The third-order valence-corrected chi connectivity index (χ3v) is 3.16. The second kappa shape index (κ2) is 7.22. The molecule has 1 aromatic rings. The summed E-state index contributed by atoms with van der Waals surface area (Å²) in [4.78, 5) is 2.17. The van der Waals surface area contributed by atoms with Crippen molar-refractivity contribution in [1.82, 2.24) is 10.2 Å². The lowest BCUT2D eigenvalue weighted by atomic mass is 10.1. The van der Waals surface area contributed by atoms with Crippen LogP contribution in [0.1, 0.15) is 12.5 Å². The summed E-state index contributed by atoms with van der Waals surface area (Å²) in [6, 6.07) is 6.02. The van der Waals surface area contributed by atoms with E-state index in [2.05, 4.69) is 31.2 Å². The average molecular weight is 275 g/mol. The number of likely N-dealkylation sites (N-methyl/N-ethyl adjacent to an activating group) is 2. The Morgan fingerprint density at radius 2 is 2.00 bits per heavy atom.